The van der Waals surface area contributed by atoms with Gasteiger partial charge in [0.1, 0.15) is 10.7 Å². The molecule has 0 saturated carbocycles. The molecule has 3 rings (SSSR count). The van der Waals surface area contributed by atoms with E-state index >= 15 is 0 Å². The van der Waals surface area contributed by atoms with Gasteiger partial charge in [0.15, 0.2) is 0 Å². The molecule has 0 aliphatic heterocycles. The zero-order chi connectivity index (χ0) is 18.5. The highest BCUT2D eigenvalue weighted by molar-refractivity contribution is 7.13. The standard InChI is InChI=1S/C20H19N3O2S/c1-21-18(24)15-10-8-14(9-11-15)12-23(2)20(25)17-13-26-19(22-17)16-6-4-3-5-7-16/h3-11,13H,12H2,1-2H3,(H,21,24). The summed E-state index contributed by atoms with van der Waals surface area (Å²) in [5.74, 6) is -0.254. The molecule has 1 N–H and O–H groups in total. The molecule has 0 radical (unpaired) electrons. The lowest BCUT2D eigenvalue weighted by Crippen LogP contribution is -2.26. The molecule has 3 aromatic rings. The smallest absolute Gasteiger partial charge is 0.273 e. The Morgan fingerprint density at radius 1 is 1.08 bits per heavy atom. The summed E-state index contributed by atoms with van der Waals surface area (Å²) >= 11 is 1.46. The third-order valence-corrected chi connectivity index (χ3v) is 4.85. The number of thiazole rings is 1. The molecule has 5 nitrogen and oxygen atoms in total. The van der Waals surface area contributed by atoms with Crippen molar-refractivity contribution in [2.45, 2.75) is 6.54 Å². The van der Waals surface area contributed by atoms with Crippen molar-refractivity contribution >= 4 is 23.2 Å². The highest BCUT2D eigenvalue weighted by Gasteiger charge is 2.16. The number of hydrogen-bond donors (Lipinski definition) is 1. The monoisotopic (exact) mass is 365 g/mol. The van der Waals surface area contributed by atoms with Crippen LogP contribution in [0, 0.1) is 0 Å². The summed E-state index contributed by atoms with van der Waals surface area (Å²) in [7, 11) is 3.34. The molecule has 6 heteroatoms. The van der Waals surface area contributed by atoms with Gasteiger partial charge in [-0.05, 0) is 17.7 Å². The maximum atomic E-state index is 12.6. The Bertz CT molecular complexity index is 904. The molecule has 132 valence electrons. The van der Waals surface area contributed by atoms with E-state index in [0.717, 1.165) is 16.1 Å². The number of carbonyl (C=O) groups is 2. The van der Waals surface area contributed by atoms with Crippen LogP contribution in [-0.4, -0.2) is 35.8 Å². The Morgan fingerprint density at radius 2 is 1.77 bits per heavy atom. The van der Waals surface area contributed by atoms with E-state index in [1.54, 1.807) is 36.5 Å². The molecule has 1 heterocycles. The van der Waals surface area contributed by atoms with Crippen LogP contribution in [0.5, 0.6) is 0 Å². The highest BCUT2D eigenvalue weighted by atomic mass is 32.1. The van der Waals surface area contributed by atoms with Gasteiger partial charge in [0.2, 0.25) is 0 Å². The van der Waals surface area contributed by atoms with E-state index in [9.17, 15) is 9.59 Å². The van der Waals surface area contributed by atoms with Crippen LogP contribution < -0.4 is 5.32 Å². The van der Waals surface area contributed by atoms with E-state index < -0.39 is 0 Å². The number of rotatable bonds is 5. The van der Waals surface area contributed by atoms with Gasteiger partial charge in [-0.3, -0.25) is 9.59 Å². The number of hydrogen-bond acceptors (Lipinski definition) is 4. The van der Waals surface area contributed by atoms with Gasteiger partial charge < -0.3 is 10.2 Å². The van der Waals surface area contributed by atoms with Gasteiger partial charge >= 0.3 is 0 Å². The molecule has 0 fully saturated rings. The van der Waals surface area contributed by atoms with Crippen molar-refractivity contribution in [2.24, 2.45) is 0 Å². The first-order valence-corrected chi connectivity index (χ1v) is 9.04. The third kappa shape index (κ3) is 3.97. The lowest BCUT2D eigenvalue weighted by Gasteiger charge is -2.16. The molecule has 0 unspecified atom stereocenters. The topological polar surface area (TPSA) is 62.3 Å². The van der Waals surface area contributed by atoms with Gasteiger partial charge in [0.05, 0.1) is 0 Å². The Labute approximate surface area is 156 Å². The molecular formula is C20H19N3O2S. The highest BCUT2D eigenvalue weighted by Crippen LogP contribution is 2.24. The van der Waals surface area contributed by atoms with E-state index in [0.29, 0.717) is 17.8 Å². The summed E-state index contributed by atoms with van der Waals surface area (Å²) in [5, 5.41) is 5.20. The van der Waals surface area contributed by atoms with Gasteiger partial charge in [0, 0.05) is 37.1 Å². The molecular weight excluding hydrogens is 346 g/mol. The van der Waals surface area contributed by atoms with E-state index in [1.807, 2.05) is 42.5 Å². The Hall–Kier alpha value is -2.99. The fourth-order valence-electron chi connectivity index (χ4n) is 2.53. The molecule has 2 aromatic carbocycles. The number of amides is 2. The van der Waals surface area contributed by atoms with Crippen LogP contribution in [0.25, 0.3) is 10.6 Å². The fraction of sp³-hybridized carbons (Fsp3) is 0.150. The second-order valence-corrected chi connectivity index (χ2v) is 6.70. The van der Waals surface area contributed by atoms with Gasteiger partial charge in [-0.25, -0.2) is 4.98 Å². The van der Waals surface area contributed by atoms with E-state index in [2.05, 4.69) is 10.3 Å². The van der Waals surface area contributed by atoms with Gasteiger partial charge in [-0.15, -0.1) is 11.3 Å². The second kappa shape index (κ2) is 7.93. The van der Waals surface area contributed by atoms with Crippen LogP contribution in [0.2, 0.25) is 0 Å². The maximum absolute atomic E-state index is 12.6. The molecule has 26 heavy (non-hydrogen) atoms. The molecule has 0 aliphatic carbocycles. The molecule has 1 aromatic heterocycles. The van der Waals surface area contributed by atoms with Crippen molar-refractivity contribution in [1.29, 1.82) is 0 Å². The van der Waals surface area contributed by atoms with Crippen molar-refractivity contribution in [1.82, 2.24) is 15.2 Å². The summed E-state index contributed by atoms with van der Waals surface area (Å²) in [6.45, 7) is 0.449. The minimum Gasteiger partial charge on any atom is -0.355 e. The summed E-state index contributed by atoms with van der Waals surface area (Å²) in [4.78, 5) is 30.3. The van der Waals surface area contributed by atoms with Crippen LogP contribution in [0.15, 0.2) is 60.0 Å². The lowest BCUT2D eigenvalue weighted by atomic mass is 10.1. The first-order chi connectivity index (χ1) is 12.6. The molecule has 0 atom stereocenters. The van der Waals surface area contributed by atoms with E-state index in [1.165, 1.54) is 11.3 Å². The second-order valence-electron chi connectivity index (χ2n) is 5.84. The largest absolute Gasteiger partial charge is 0.355 e. The molecule has 0 saturated heterocycles. The summed E-state index contributed by atoms with van der Waals surface area (Å²) < 4.78 is 0. The van der Waals surface area contributed by atoms with Crippen molar-refractivity contribution in [2.75, 3.05) is 14.1 Å². The van der Waals surface area contributed by atoms with Gasteiger partial charge in [0.25, 0.3) is 11.8 Å². The number of carbonyl (C=O) groups excluding carboxylic acids is 2. The fourth-order valence-corrected chi connectivity index (χ4v) is 3.33. The minimum atomic E-state index is -0.128. The van der Waals surface area contributed by atoms with Gasteiger partial charge in [-0.1, -0.05) is 42.5 Å². The Morgan fingerprint density at radius 3 is 2.42 bits per heavy atom. The van der Waals surface area contributed by atoms with Crippen molar-refractivity contribution < 1.29 is 9.59 Å². The molecule has 0 aliphatic rings. The van der Waals surface area contributed by atoms with Gasteiger partial charge in [-0.2, -0.15) is 0 Å². The maximum Gasteiger partial charge on any atom is 0.273 e. The summed E-state index contributed by atoms with van der Waals surface area (Å²) in [6.07, 6.45) is 0. The van der Waals surface area contributed by atoms with E-state index in [4.69, 9.17) is 0 Å². The predicted molar refractivity (Wildman–Crippen MR) is 103 cm³/mol. The minimum absolute atomic E-state index is 0.126. The quantitative estimate of drug-likeness (QED) is 0.753. The van der Waals surface area contributed by atoms with Crippen molar-refractivity contribution in [3.63, 3.8) is 0 Å². The van der Waals surface area contributed by atoms with E-state index in [-0.39, 0.29) is 11.8 Å². The zero-order valence-corrected chi connectivity index (χ0v) is 15.4. The van der Waals surface area contributed by atoms with Crippen molar-refractivity contribution in [3.05, 3.63) is 76.8 Å². The number of nitrogens with one attached hydrogen (secondary N) is 1. The molecule has 0 spiro atoms. The normalized spacial score (nSPS) is 10.4. The van der Waals surface area contributed by atoms with Crippen molar-refractivity contribution in [3.8, 4) is 10.6 Å². The average Bonchev–Trinajstić information content (AvgIpc) is 3.18. The predicted octanol–water partition coefficient (Wildman–Crippen LogP) is 3.44. The molecule has 2 amide bonds. The summed E-state index contributed by atoms with van der Waals surface area (Å²) in [5.41, 5.74) is 2.99. The first-order valence-electron chi connectivity index (χ1n) is 8.16. The lowest BCUT2D eigenvalue weighted by molar-refractivity contribution is 0.0779. The Kier molecular flexibility index (Phi) is 5.43. The first kappa shape index (κ1) is 17.8. The van der Waals surface area contributed by atoms with Crippen LogP contribution in [-0.2, 0) is 6.54 Å². The Balaban J connectivity index is 1.68. The van der Waals surface area contributed by atoms with Crippen LogP contribution in [0.3, 0.4) is 0 Å². The molecule has 0 bridgehead atoms. The number of nitrogens with zero attached hydrogens (tertiary/aromatic N) is 2. The number of benzene rings is 2. The average molecular weight is 365 g/mol. The summed E-state index contributed by atoms with van der Waals surface area (Å²) in [6, 6.07) is 17.0. The SMILES string of the molecule is CNC(=O)c1ccc(CN(C)C(=O)c2csc(-c3ccccc3)n2)cc1. The third-order valence-electron chi connectivity index (χ3n) is 3.95. The van der Waals surface area contributed by atoms with Crippen LogP contribution in [0.4, 0.5) is 0 Å². The zero-order valence-electron chi connectivity index (χ0n) is 14.6. The number of aromatic nitrogens is 1. The van der Waals surface area contributed by atoms with Crippen LogP contribution in [0.1, 0.15) is 26.4 Å². The van der Waals surface area contributed by atoms with Crippen LogP contribution >= 0.6 is 11.3 Å².